The van der Waals surface area contributed by atoms with Crippen molar-refractivity contribution >= 4 is 17.7 Å². The summed E-state index contributed by atoms with van der Waals surface area (Å²) in [7, 11) is 0. The second-order valence-electron chi connectivity index (χ2n) is 5.29. The predicted octanol–water partition coefficient (Wildman–Crippen LogP) is 0.210. The van der Waals surface area contributed by atoms with Gasteiger partial charge in [0.1, 0.15) is 0 Å². The fourth-order valence-corrected chi connectivity index (χ4v) is 3.00. The van der Waals surface area contributed by atoms with Crippen LogP contribution in [0.25, 0.3) is 0 Å². The van der Waals surface area contributed by atoms with Crippen LogP contribution in [0.3, 0.4) is 0 Å². The molecule has 0 unspecified atom stereocenters. The van der Waals surface area contributed by atoms with Gasteiger partial charge in [0, 0.05) is 19.4 Å². The number of thioether (sulfide) groups is 1. The summed E-state index contributed by atoms with van der Waals surface area (Å²) in [6.45, 7) is 2.00. The minimum atomic E-state index is -1.93. The first-order valence-corrected chi connectivity index (χ1v) is 8.70. The van der Waals surface area contributed by atoms with Crippen LogP contribution in [-0.4, -0.2) is 75.2 Å². The third kappa shape index (κ3) is 5.68. The number of aliphatic carboxylic acids is 1. The molecule has 0 saturated carbocycles. The highest BCUT2D eigenvalue weighted by atomic mass is 32.2. The fourth-order valence-electron chi connectivity index (χ4n) is 2.39. The molecule has 0 aromatic carbocycles. The number of rotatable bonds is 10. The molecular weight excluding hydrogens is 312 g/mol. The first-order chi connectivity index (χ1) is 10.4. The zero-order chi connectivity index (χ0) is 16.6. The number of carboxylic acid groups (broad SMARTS) is 1. The Morgan fingerprint density at radius 3 is 2.86 bits per heavy atom. The molecule has 1 rings (SSSR count). The Hall–Kier alpha value is -0.380. The van der Waals surface area contributed by atoms with Gasteiger partial charge in [-0.15, -0.1) is 0 Å². The Balaban J connectivity index is 2.67. The van der Waals surface area contributed by atoms with E-state index in [9.17, 15) is 20.1 Å². The molecule has 1 aliphatic heterocycles. The summed E-state index contributed by atoms with van der Waals surface area (Å²) in [4.78, 5) is 11.6. The molecular formula is C14H26O7S. The quantitative estimate of drug-likeness (QED) is 0.418. The van der Waals surface area contributed by atoms with Gasteiger partial charge in [-0.25, -0.2) is 4.79 Å². The second-order valence-corrected chi connectivity index (χ2v) is 6.68. The van der Waals surface area contributed by atoms with Crippen molar-refractivity contribution in [3.05, 3.63) is 0 Å². The highest BCUT2D eigenvalue weighted by Gasteiger charge is 2.50. The van der Waals surface area contributed by atoms with Gasteiger partial charge < -0.3 is 29.9 Å². The lowest BCUT2D eigenvalue weighted by Crippen LogP contribution is -2.56. The molecule has 4 N–H and O–H groups in total. The third-order valence-electron chi connectivity index (χ3n) is 3.50. The Morgan fingerprint density at radius 2 is 2.27 bits per heavy atom. The monoisotopic (exact) mass is 338 g/mol. The van der Waals surface area contributed by atoms with Crippen LogP contribution < -0.4 is 0 Å². The molecule has 7 nitrogen and oxygen atoms in total. The minimum Gasteiger partial charge on any atom is -0.477 e. The first kappa shape index (κ1) is 19.7. The highest BCUT2D eigenvalue weighted by Crippen LogP contribution is 2.33. The summed E-state index contributed by atoms with van der Waals surface area (Å²) in [5.41, 5.74) is 0. The Bertz CT molecular complexity index is 341. The van der Waals surface area contributed by atoms with E-state index in [4.69, 9.17) is 14.6 Å². The molecule has 1 fully saturated rings. The lowest BCUT2D eigenvalue weighted by atomic mass is 9.94. The van der Waals surface area contributed by atoms with Gasteiger partial charge in [-0.2, -0.15) is 11.8 Å². The van der Waals surface area contributed by atoms with Gasteiger partial charge in [0.15, 0.2) is 0 Å². The Morgan fingerprint density at radius 1 is 1.55 bits per heavy atom. The number of carbonyl (C=O) groups is 1. The molecule has 0 amide bonds. The van der Waals surface area contributed by atoms with Gasteiger partial charge in [-0.1, -0.05) is 6.92 Å². The third-order valence-corrected chi connectivity index (χ3v) is 4.49. The molecule has 0 bridgehead atoms. The normalized spacial score (nSPS) is 30.2. The van der Waals surface area contributed by atoms with Crippen LogP contribution in [0.4, 0.5) is 0 Å². The summed E-state index contributed by atoms with van der Waals surface area (Å²) >= 11 is 1.73. The number of carboxylic acids is 1. The Labute approximate surface area is 134 Å². The number of aliphatic hydroxyl groups excluding tert-OH is 3. The number of hydrogen-bond acceptors (Lipinski definition) is 7. The van der Waals surface area contributed by atoms with E-state index < -0.39 is 30.1 Å². The first-order valence-electron chi connectivity index (χ1n) is 7.55. The van der Waals surface area contributed by atoms with E-state index in [-0.39, 0.29) is 32.5 Å². The maximum absolute atomic E-state index is 11.6. The zero-order valence-corrected chi connectivity index (χ0v) is 13.6. The highest BCUT2D eigenvalue weighted by molar-refractivity contribution is 7.99. The van der Waals surface area contributed by atoms with Crippen LogP contribution in [0.2, 0.25) is 0 Å². The summed E-state index contributed by atoms with van der Waals surface area (Å²) in [5, 5.41) is 38.1. The molecule has 1 heterocycles. The molecule has 0 aromatic rings. The topological polar surface area (TPSA) is 116 Å². The molecule has 1 aliphatic rings. The van der Waals surface area contributed by atoms with Crippen LogP contribution in [0, 0.1) is 0 Å². The van der Waals surface area contributed by atoms with E-state index in [1.807, 2.05) is 6.92 Å². The maximum Gasteiger partial charge on any atom is 0.364 e. The molecule has 1 saturated heterocycles. The molecule has 8 heteroatoms. The number of ether oxygens (including phenoxy) is 2. The number of hydrogen-bond donors (Lipinski definition) is 4. The van der Waals surface area contributed by atoms with Crippen molar-refractivity contribution in [3.63, 3.8) is 0 Å². The van der Waals surface area contributed by atoms with E-state index in [1.165, 1.54) is 0 Å². The van der Waals surface area contributed by atoms with Crippen molar-refractivity contribution in [3.8, 4) is 0 Å². The van der Waals surface area contributed by atoms with Gasteiger partial charge in [0.25, 0.3) is 5.79 Å². The van der Waals surface area contributed by atoms with E-state index in [0.29, 0.717) is 6.42 Å². The van der Waals surface area contributed by atoms with Gasteiger partial charge in [-0.3, -0.25) is 0 Å². The summed E-state index contributed by atoms with van der Waals surface area (Å²) in [6, 6.07) is 0. The van der Waals surface area contributed by atoms with Crippen LogP contribution in [0.15, 0.2) is 0 Å². The molecule has 0 radical (unpaired) electrons. The van der Waals surface area contributed by atoms with Crippen LogP contribution in [0.5, 0.6) is 0 Å². The van der Waals surface area contributed by atoms with Crippen molar-refractivity contribution in [2.45, 2.75) is 56.7 Å². The SMILES string of the molecule is CCSCCCO[C@]1(C(=O)O)C[C@H](O)C[C@H]([C@H](O)CCO)O1. The van der Waals surface area contributed by atoms with Crippen LogP contribution in [-0.2, 0) is 14.3 Å². The van der Waals surface area contributed by atoms with Gasteiger partial charge in [0.05, 0.1) is 24.9 Å². The number of aliphatic hydroxyl groups is 3. The lowest BCUT2D eigenvalue weighted by molar-refractivity contribution is -0.300. The molecule has 130 valence electrons. The molecule has 0 aliphatic carbocycles. The summed E-state index contributed by atoms with van der Waals surface area (Å²) in [5.74, 6) is -1.41. The lowest BCUT2D eigenvalue weighted by Gasteiger charge is -2.41. The van der Waals surface area contributed by atoms with E-state index in [0.717, 1.165) is 11.5 Å². The second kappa shape index (κ2) is 9.69. The average Bonchev–Trinajstić information content (AvgIpc) is 2.46. The van der Waals surface area contributed by atoms with Gasteiger partial charge in [0.2, 0.25) is 0 Å². The largest absolute Gasteiger partial charge is 0.477 e. The molecule has 22 heavy (non-hydrogen) atoms. The summed E-state index contributed by atoms with van der Waals surface area (Å²) in [6.07, 6.45) is -2.18. The summed E-state index contributed by atoms with van der Waals surface area (Å²) < 4.78 is 10.9. The van der Waals surface area contributed by atoms with Crippen molar-refractivity contribution in [1.82, 2.24) is 0 Å². The van der Waals surface area contributed by atoms with E-state index in [2.05, 4.69) is 0 Å². The molecule has 0 aromatic heterocycles. The van der Waals surface area contributed by atoms with Gasteiger partial charge in [-0.05, 0) is 24.3 Å². The van der Waals surface area contributed by atoms with E-state index >= 15 is 0 Å². The van der Waals surface area contributed by atoms with Crippen molar-refractivity contribution in [2.75, 3.05) is 24.7 Å². The van der Waals surface area contributed by atoms with Gasteiger partial charge >= 0.3 is 5.97 Å². The Kier molecular flexibility index (Phi) is 8.66. The molecule has 0 spiro atoms. The van der Waals surface area contributed by atoms with Crippen LogP contribution in [0.1, 0.15) is 32.6 Å². The predicted molar refractivity (Wildman–Crippen MR) is 81.8 cm³/mol. The zero-order valence-electron chi connectivity index (χ0n) is 12.8. The minimum absolute atomic E-state index is 0.0558. The molecule has 4 atom stereocenters. The van der Waals surface area contributed by atoms with Crippen molar-refractivity contribution in [2.24, 2.45) is 0 Å². The average molecular weight is 338 g/mol. The standard InChI is InChI=1S/C14H26O7S/c1-2-22-7-3-6-20-14(13(18)19)9-10(16)8-12(21-14)11(17)4-5-15/h10-12,15-17H,2-9H2,1H3,(H,18,19)/t10-,11-,12-,14-/m1/s1. The van der Waals surface area contributed by atoms with E-state index in [1.54, 1.807) is 11.8 Å². The maximum atomic E-state index is 11.6. The smallest absolute Gasteiger partial charge is 0.364 e. The van der Waals surface area contributed by atoms with Crippen molar-refractivity contribution < 1.29 is 34.7 Å². The fraction of sp³-hybridized carbons (Fsp3) is 0.929. The van der Waals surface area contributed by atoms with Crippen molar-refractivity contribution in [1.29, 1.82) is 0 Å². The van der Waals surface area contributed by atoms with Crippen LogP contribution >= 0.6 is 11.8 Å².